The zero-order chi connectivity index (χ0) is 21.8. The van der Waals surface area contributed by atoms with Crippen molar-refractivity contribution in [1.29, 1.82) is 0 Å². The normalized spacial score (nSPS) is 28.9. The molecule has 13 heteroatoms. The summed E-state index contributed by atoms with van der Waals surface area (Å²) < 4.78 is 149. The molecule has 28 heavy (non-hydrogen) atoms. The smallest absolute Gasteiger partial charge is 0.353 e. The zero-order valence-electron chi connectivity index (χ0n) is 13.9. The summed E-state index contributed by atoms with van der Waals surface area (Å²) in [5.41, 5.74) is -6.00. The van der Waals surface area contributed by atoms with Crippen LogP contribution >= 0.6 is 0 Å². The molecule has 0 bridgehead atoms. The number of hydrogen-bond acceptors (Lipinski definition) is 1. The average molecular weight is 433 g/mol. The maximum atomic E-state index is 14.4. The van der Waals surface area contributed by atoms with Crippen LogP contribution in [0.4, 0.5) is 48.3 Å². The molecular weight excluding hydrogens is 419 g/mol. The summed E-state index contributed by atoms with van der Waals surface area (Å²) in [6.45, 7) is -0.823. The van der Waals surface area contributed by atoms with Gasteiger partial charge < -0.3 is 5.32 Å². The van der Waals surface area contributed by atoms with Gasteiger partial charge in [-0.1, -0.05) is 11.6 Å². The van der Waals surface area contributed by atoms with Crippen molar-refractivity contribution in [2.45, 2.75) is 67.4 Å². The first kappa shape index (κ1) is 22.7. The Morgan fingerprint density at radius 1 is 0.786 bits per heavy atom. The molecule has 0 radical (unpaired) electrons. The monoisotopic (exact) mass is 433 g/mol. The average Bonchev–Trinajstić information content (AvgIpc) is 2.59. The lowest BCUT2D eigenvalue weighted by molar-refractivity contribution is -0.476. The standard InChI is InChI=1S/C15H14F11NO/c16-10(9(28)27-7-6-8-4-2-1-3-5-8)11(17,18)13(21,22)15(25,26)14(23,24)12(10,19)20/h4H,1-3,5-7H2,(H,27,28). The van der Waals surface area contributed by atoms with Crippen molar-refractivity contribution in [3.05, 3.63) is 11.6 Å². The number of carbonyl (C=O) groups excluding carboxylic acids is 1. The first-order valence-electron chi connectivity index (χ1n) is 8.04. The zero-order valence-corrected chi connectivity index (χ0v) is 13.9. The number of allylic oxidation sites excluding steroid dienone is 1. The molecule has 2 aliphatic carbocycles. The Morgan fingerprint density at radius 3 is 1.68 bits per heavy atom. The van der Waals surface area contributed by atoms with Crippen molar-refractivity contribution in [2.75, 3.05) is 6.54 Å². The van der Waals surface area contributed by atoms with Gasteiger partial charge >= 0.3 is 35.3 Å². The molecule has 1 amide bonds. The second-order valence-electron chi connectivity index (χ2n) is 6.64. The quantitative estimate of drug-likeness (QED) is 0.497. The third-order valence-electron chi connectivity index (χ3n) is 4.87. The van der Waals surface area contributed by atoms with Gasteiger partial charge in [0, 0.05) is 6.54 Å². The Labute approximate surface area is 151 Å². The van der Waals surface area contributed by atoms with Crippen LogP contribution in [0.2, 0.25) is 0 Å². The highest BCUT2D eigenvalue weighted by atomic mass is 19.4. The van der Waals surface area contributed by atoms with Gasteiger partial charge in [0.1, 0.15) is 0 Å². The summed E-state index contributed by atoms with van der Waals surface area (Å²) in [4.78, 5) is 11.6. The van der Waals surface area contributed by atoms with Crippen molar-refractivity contribution in [2.24, 2.45) is 0 Å². The van der Waals surface area contributed by atoms with E-state index in [9.17, 15) is 53.1 Å². The van der Waals surface area contributed by atoms with Gasteiger partial charge in [0.25, 0.3) is 5.91 Å². The van der Waals surface area contributed by atoms with E-state index in [1.165, 1.54) is 0 Å². The van der Waals surface area contributed by atoms with E-state index in [1.54, 1.807) is 6.08 Å². The largest absolute Gasteiger partial charge is 0.384 e. The molecule has 0 atom stereocenters. The van der Waals surface area contributed by atoms with Gasteiger partial charge in [-0.3, -0.25) is 4.79 Å². The molecule has 1 N–H and O–H groups in total. The topological polar surface area (TPSA) is 29.1 Å². The highest BCUT2D eigenvalue weighted by molar-refractivity contribution is 5.88. The number of rotatable bonds is 4. The third kappa shape index (κ3) is 2.56. The van der Waals surface area contributed by atoms with Crippen LogP contribution in [-0.2, 0) is 4.79 Å². The summed E-state index contributed by atoms with van der Waals surface area (Å²) in [5.74, 6) is -39.4. The Hall–Kier alpha value is -1.56. The Balaban J connectivity index is 2.38. The predicted octanol–water partition coefficient (Wildman–Crippen LogP) is 4.89. The number of hydrogen-bond donors (Lipinski definition) is 1. The number of carbonyl (C=O) groups is 1. The van der Waals surface area contributed by atoms with Crippen molar-refractivity contribution < 1.29 is 53.1 Å². The summed E-state index contributed by atoms with van der Waals surface area (Å²) in [6, 6.07) is 0. The number of halogens is 11. The SMILES string of the molecule is O=C(NCCC1=CCCCC1)C1(F)C(F)(F)C(F)(F)C(F)(F)C(F)(F)C1(F)F. The fourth-order valence-corrected chi connectivity index (χ4v) is 3.10. The molecular formula is C15H14F11NO. The van der Waals surface area contributed by atoms with Crippen molar-refractivity contribution in [3.8, 4) is 0 Å². The van der Waals surface area contributed by atoms with Crippen LogP contribution in [0.25, 0.3) is 0 Å². The minimum Gasteiger partial charge on any atom is -0.353 e. The summed E-state index contributed by atoms with van der Waals surface area (Å²) in [7, 11) is 0. The van der Waals surface area contributed by atoms with E-state index in [4.69, 9.17) is 0 Å². The third-order valence-corrected chi connectivity index (χ3v) is 4.87. The highest BCUT2D eigenvalue weighted by Gasteiger charge is 3.02. The van der Waals surface area contributed by atoms with Crippen molar-refractivity contribution in [3.63, 3.8) is 0 Å². The predicted molar refractivity (Wildman–Crippen MR) is 72.8 cm³/mol. The van der Waals surface area contributed by atoms with Gasteiger partial charge in [-0.05, 0) is 32.1 Å². The van der Waals surface area contributed by atoms with Gasteiger partial charge in [0.05, 0.1) is 0 Å². The minimum absolute atomic E-state index is 0.179. The molecule has 2 rings (SSSR count). The van der Waals surface area contributed by atoms with Gasteiger partial charge in [-0.25, -0.2) is 4.39 Å². The fourth-order valence-electron chi connectivity index (χ4n) is 3.10. The van der Waals surface area contributed by atoms with Crippen molar-refractivity contribution in [1.82, 2.24) is 5.32 Å². The lowest BCUT2D eigenvalue weighted by Gasteiger charge is -2.51. The van der Waals surface area contributed by atoms with Gasteiger partial charge in [0.2, 0.25) is 0 Å². The van der Waals surface area contributed by atoms with Crippen LogP contribution in [-0.4, -0.2) is 47.7 Å². The van der Waals surface area contributed by atoms with Crippen LogP contribution < -0.4 is 5.32 Å². The van der Waals surface area contributed by atoms with Crippen LogP contribution in [0.1, 0.15) is 32.1 Å². The van der Waals surface area contributed by atoms with Gasteiger partial charge in [-0.2, -0.15) is 43.9 Å². The molecule has 0 aliphatic heterocycles. The van der Waals surface area contributed by atoms with Crippen LogP contribution in [0, 0.1) is 0 Å². The molecule has 0 aromatic heterocycles. The Morgan fingerprint density at radius 2 is 1.25 bits per heavy atom. The molecule has 1 fully saturated rings. The van der Waals surface area contributed by atoms with E-state index in [-0.39, 0.29) is 6.42 Å². The molecule has 2 nitrogen and oxygen atoms in total. The number of nitrogens with one attached hydrogen (secondary N) is 1. The molecule has 0 spiro atoms. The molecule has 0 heterocycles. The van der Waals surface area contributed by atoms with Crippen molar-refractivity contribution >= 4 is 5.91 Å². The molecule has 0 unspecified atom stereocenters. The van der Waals surface area contributed by atoms with Gasteiger partial charge in [0.15, 0.2) is 0 Å². The van der Waals surface area contributed by atoms with Gasteiger partial charge in [-0.15, -0.1) is 0 Å². The maximum Gasteiger partial charge on any atom is 0.384 e. The first-order valence-corrected chi connectivity index (χ1v) is 8.04. The van der Waals surface area contributed by atoms with E-state index in [2.05, 4.69) is 0 Å². The molecule has 1 saturated carbocycles. The second kappa shape index (κ2) is 6.48. The number of alkyl halides is 11. The fraction of sp³-hybridized carbons (Fsp3) is 0.800. The molecule has 0 aromatic carbocycles. The van der Waals surface area contributed by atoms with E-state index >= 15 is 0 Å². The lowest BCUT2D eigenvalue weighted by atomic mass is 9.71. The van der Waals surface area contributed by atoms with E-state index < -0.39 is 47.7 Å². The summed E-state index contributed by atoms with van der Waals surface area (Å²) in [5, 5.41) is 1.13. The summed E-state index contributed by atoms with van der Waals surface area (Å²) >= 11 is 0. The minimum atomic E-state index is -7.32. The molecule has 162 valence electrons. The molecule has 0 saturated heterocycles. The Bertz CT molecular complexity index is 641. The van der Waals surface area contributed by atoms with E-state index in [0.717, 1.165) is 11.7 Å². The van der Waals surface area contributed by atoms with Crippen LogP contribution in [0.3, 0.4) is 0 Å². The number of amides is 1. The Kier molecular flexibility index (Phi) is 5.26. The van der Waals surface area contributed by atoms with Crippen LogP contribution in [0.5, 0.6) is 0 Å². The molecule has 0 aromatic rings. The van der Waals surface area contributed by atoms with E-state index in [0.29, 0.717) is 24.8 Å². The second-order valence-corrected chi connectivity index (χ2v) is 6.64. The van der Waals surface area contributed by atoms with E-state index in [1.807, 2.05) is 0 Å². The maximum absolute atomic E-state index is 14.4. The highest BCUT2D eigenvalue weighted by Crippen LogP contribution is 2.69. The first-order chi connectivity index (χ1) is 12.5. The van der Waals surface area contributed by atoms with Crippen LogP contribution in [0.15, 0.2) is 11.6 Å². The lowest BCUT2D eigenvalue weighted by Crippen LogP contribution is -2.86. The molecule has 2 aliphatic rings. The summed E-state index contributed by atoms with van der Waals surface area (Å²) in [6.07, 6.45) is 4.09.